The van der Waals surface area contributed by atoms with Gasteiger partial charge in [0.15, 0.2) is 0 Å². The van der Waals surface area contributed by atoms with Gasteiger partial charge in [-0.25, -0.2) is 0 Å². The van der Waals surface area contributed by atoms with Gasteiger partial charge in [-0.3, -0.25) is 19.4 Å². The topological polar surface area (TPSA) is 112 Å². The van der Waals surface area contributed by atoms with Gasteiger partial charge in [0.2, 0.25) is 11.8 Å². The summed E-state index contributed by atoms with van der Waals surface area (Å²) < 4.78 is 5.34. The van der Waals surface area contributed by atoms with Gasteiger partial charge in [-0.15, -0.1) is 0 Å². The summed E-state index contributed by atoms with van der Waals surface area (Å²) in [6, 6.07) is 9.01. The van der Waals surface area contributed by atoms with Crippen molar-refractivity contribution < 1.29 is 19.1 Å². The van der Waals surface area contributed by atoms with E-state index in [-0.39, 0.29) is 24.8 Å². The average molecular weight is 485 g/mol. The molecule has 1 aromatic carbocycles. The predicted molar refractivity (Wildman–Crippen MR) is 128 cm³/mol. The lowest BCUT2D eigenvalue weighted by Crippen LogP contribution is -2.39. The average Bonchev–Trinajstić information content (AvgIpc) is 3.20. The maximum atomic E-state index is 13.3. The molecule has 1 saturated heterocycles. The summed E-state index contributed by atoms with van der Waals surface area (Å²) >= 11 is 6.24. The summed E-state index contributed by atoms with van der Waals surface area (Å²) in [5.74, 6) is -2.15. The standard InChI is InChI=1S/C25H29ClN4O4/c1-16-21(24(32)28-11-6-13-30-12-4-9-20(30)31)23(18-7-3-8-19(26)15-18)22(17(2)29-16)25(33)34-14-5-10-27/h3,7-8,15,22-23H,4-6,9,11-14H2,1-2H3,(H,28,32). The maximum Gasteiger partial charge on any atom is 0.315 e. The molecule has 1 fully saturated rings. The molecule has 2 heterocycles. The minimum atomic E-state index is -0.816. The fourth-order valence-corrected chi connectivity index (χ4v) is 4.69. The third-order valence-electron chi connectivity index (χ3n) is 6.05. The summed E-state index contributed by atoms with van der Waals surface area (Å²) in [6.07, 6.45) is 2.18. The third-order valence-corrected chi connectivity index (χ3v) is 6.29. The van der Waals surface area contributed by atoms with Crippen LogP contribution in [-0.4, -0.2) is 54.6 Å². The summed E-state index contributed by atoms with van der Waals surface area (Å²) in [5, 5.41) is 12.2. The number of benzene rings is 1. The van der Waals surface area contributed by atoms with Crippen LogP contribution in [0.15, 0.2) is 40.5 Å². The molecule has 0 saturated carbocycles. The smallest absolute Gasteiger partial charge is 0.315 e. The second kappa shape index (κ2) is 11.8. The Bertz CT molecular complexity index is 1060. The lowest BCUT2D eigenvalue weighted by atomic mass is 9.75. The molecule has 2 amide bonds. The van der Waals surface area contributed by atoms with Gasteiger partial charge in [0.1, 0.15) is 12.5 Å². The van der Waals surface area contributed by atoms with E-state index < -0.39 is 17.8 Å². The number of ether oxygens (including phenoxy) is 1. The van der Waals surface area contributed by atoms with Crippen LogP contribution in [-0.2, 0) is 19.1 Å². The molecule has 2 aliphatic heterocycles. The highest BCUT2D eigenvalue weighted by atomic mass is 35.5. The summed E-state index contributed by atoms with van der Waals surface area (Å²) in [7, 11) is 0. The highest BCUT2D eigenvalue weighted by Gasteiger charge is 2.41. The minimum absolute atomic E-state index is 0.0270. The molecular weight excluding hydrogens is 456 g/mol. The number of allylic oxidation sites excluding steroid dienone is 1. The Morgan fingerprint density at radius 2 is 2.15 bits per heavy atom. The van der Waals surface area contributed by atoms with Crippen LogP contribution in [0.3, 0.4) is 0 Å². The van der Waals surface area contributed by atoms with E-state index in [0.717, 1.165) is 13.0 Å². The van der Waals surface area contributed by atoms with Crippen LogP contribution in [0.25, 0.3) is 0 Å². The molecule has 0 spiro atoms. The Hall–Kier alpha value is -3.18. The van der Waals surface area contributed by atoms with Crippen LogP contribution < -0.4 is 5.32 Å². The molecule has 0 bridgehead atoms. The monoisotopic (exact) mass is 484 g/mol. The van der Waals surface area contributed by atoms with Crippen molar-refractivity contribution in [2.75, 3.05) is 26.2 Å². The lowest BCUT2D eigenvalue weighted by molar-refractivity contribution is -0.146. The van der Waals surface area contributed by atoms with E-state index in [0.29, 0.717) is 53.5 Å². The highest BCUT2D eigenvalue weighted by Crippen LogP contribution is 2.40. The van der Waals surface area contributed by atoms with E-state index in [1.807, 2.05) is 17.0 Å². The largest absolute Gasteiger partial charge is 0.464 e. The van der Waals surface area contributed by atoms with Gasteiger partial charge in [0.25, 0.3) is 0 Å². The Morgan fingerprint density at radius 1 is 1.35 bits per heavy atom. The molecule has 180 valence electrons. The third kappa shape index (κ3) is 6.03. The highest BCUT2D eigenvalue weighted by molar-refractivity contribution is 6.30. The SMILES string of the molecule is CC1=NC(C)=C(C(=O)NCCCN2CCCC2=O)C(c2cccc(Cl)c2)C1C(=O)OCCC#N. The van der Waals surface area contributed by atoms with E-state index >= 15 is 0 Å². The number of nitrogens with one attached hydrogen (secondary N) is 1. The second-order valence-electron chi connectivity index (χ2n) is 8.43. The van der Waals surface area contributed by atoms with Gasteiger partial charge in [-0.2, -0.15) is 5.26 Å². The fraction of sp³-hybridized carbons (Fsp3) is 0.480. The van der Waals surface area contributed by atoms with E-state index in [4.69, 9.17) is 21.6 Å². The lowest BCUT2D eigenvalue weighted by Gasteiger charge is -2.32. The first-order valence-electron chi connectivity index (χ1n) is 11.4. The quantitative estimate of drug-likeness (QED) is 0.426. The molecule has 2 aliphatic rings. The van der Waals surface area contributed by atoms with Gasteiger partial charge in [0, 0.05) is 54.0 Å². The zero-order chi connectivity index (χ0) is 24.7. The van der Waals surface area contributed by atoms with Gasteiger partial charge < -0.3 is 15.0 Å². The van der Waals surface area contributed by atoms with E-state index in [2.05, 4.69) is 10.3 Å². The molecule has 0 aliphatic carbocycles. The van der Waals surface area contributed by atoms with Crippen molar-refractivity contribution in [3.05, 3.63) is 46.1 Å². The molecular formula is C25H29ClN4O4. The minimum Gasteiger partial charge on any atom is -0.464 e. The molecule has 9 heteroatoms. The molecule has 3 rings (SSSR count). The number of likely N-dealkylation sites (tertiary alicyclic amines) is 1. The summed E-state index contributed by atoms with van der Waals surface area (Å²) in [6.45, 7) is 5.20. The van der Waals surface area contributed by atoms with Crippen LogP contribution >= 0.6 is 11.6 Å². The zero-order valence-electron chi connectivity index (χ0n) is 19.5. The van der Waals surface area contributed by atoms with Gasteiger partial charge in [-0.1, -0.05) is 23.7 Å². The number of hydrogen-bond donors (Lipinski definition) is 1. The number of hydrogen-bond acceptors (Lipinski definition) is 6. The predicted octanol–water partition coefficient (Wildman–Crippen LogP) is 3.37. The number of carbonyl (C=O) groups is 3. The maximum absolute atomic E-state index is 13.3. The molecule has 2 unspecified atom stereocenters. The first-order valence-corrected chi connectivity index (χ1v) is 11.8. The Balaban J connectivity index is 1.82. The number of nitrogens with zero attached hydrogens (tertiary/aromatic N) is 3. The van der Waals surface area contributed by atoms with Crippen LogP contribution in [0.2, 0.25) is 5.02 Å². The molecule has 0 radical (unpaired) electrons. The van der Waals surface area contributed by atoms with Gasteiger partial charge in [-0.05, 0) is 44.4 Å². The molecule has 0 aromatic heterocycles. The normalized spacial score (nSPS) is 20.1. The van der Waals surface area contributed by atoms with E-state index in [9.17, 15) is 14.4 Å². The van der Waals surface area contributed by atoms with E-state index in [1.54, 1.807) is 32.0 Å². The molecule has 2 atom stereocenters. The van der Waals surface area contributed by atoms with Crippen molar-refractivity contribution in [3.8, 4) is 6.07 Å². The van der Waals surface area contributed by atoms with Crippen LogP contribution in [0.4, 0.5) is 0 Å². The van der Waals surface area contributed by atoms with Gasteiger partial charge >= 0.3 is 5.97 Å². The van der Waals surface area contributed by atoms with Gasteiger partial charge in [0.05, 0.1) is 12.5 Å². The second-order valence-corrected chi connectivity index (χ2v) is 8.87. The number of rotatable bonds is 9. The first kappa shape index (κ1) is 25.4. The molecule has 8 nitrogen and oxygen atoms in total. The summed E-state index contributed by atoms with van der Waals surface area (Å²) in [5.41, 5.74) is 2.15. The number of carbonyl (C=O) groups excluding carboxylic acids is 3. The molecule has 1 N–H and O–H groups in total. The Kier molecular flexibility index (Phi) is 8.83. The van der Waals surface area contributed by atoms with Crippen molar-refractivity contribution in [3.63, 3.8) is 0 Å². The fourth-order valence-electron chi connectivity index (χ4n) is 4.49. The number of halogens is 1. The Labute approximate surface area is 204 Å². The number of esters is 1. The number of aliphatic imine (C=N–C) groups is 1. The van der Waals surface area contributed by atoms with Crippen LogP contribution in [0.5, 0.6) is 0 Å². The molecule has 1 aromatic rings. The van der Waals surface area contributed by atoms with E-state index in [1.165, 1.54) is 0 Å². The van der Waals surface area contributed by atoms with Crippen LogP contribution in [0.1, 0.15) is 51.0 Å². The van der Waals surface area contributed by atoms with Crippen molar-refractivity contribution in [1.29, 1.82) is 5.26 Å². The zero-order valence-corrected chi connectivity index (χ0v) is 20.2. The molecule has 34 heavy (non-hydrogen) atoms. The Morgan fingerprint density at radius 3 is 2.82 bits per heavy atom. The van der Waals surface area contributed by atoms with Crippen molar-refractivity contribution in [2.45, 2.75) is 45.4 Å². The van der Waals surface area contributed by atoms with Crippen molar-refractivity contribution in [1.82, 2.24) is 10.2 Å². The summed E-state index contributed by atoms with van der Waals surface area (Å²) in [4.78, 5) is 44.5. The number of nitriles is 1. The van der Waals surface area contributed by atoms with Crippen molar-refractivity contribution in [2.24, 2.45) is 10.9 Å². The number of amides is 2. The first-order chi connectivity index (χ1) is 16.3. The van der Waals surface area contributed by atoms with Crippen LogP contribution in [0, 0.1) is 17.2 Å². The van der Waals surface area contributed by atoms with Crippen molar-refractivity contribution >= 4 is 35.1 Å².